The fourth-order valence-corrected chi connectivity index (χ4v) is 3.05. The molecule has 0 saturated carbocycles. The standard InChI is InChI=1S/C23H18N4/c1-2-21(17-7-11-19(12-8-17)22-5-3-15-24-26-22)18-9-13-20(14-10-18)23-6-4-16-25-27-23/h2-16H,1H3. The normalized spacial score (nSPS) is 10.4. The van der Waals surface area contributed by atoms with E-state index in [1.54, 1.807) is 12.4 Å². The second-order valence-corrected chi connectivity index (χ2v) is 6.07. The van der Waals surface area contributed by atoms with Crippen molar-refractivity contribution in [2.75, 3.05) is 0 Å². The van der Waals surface area contributed by atoms with Crippen molar-refractivity contribution in [3.8, 4) is 22.5 Å². The third-order valence-corrected chi connectivity index (χ3v) is 4.42. The van der Waals surface area contributed by atoms with Crippen molar-refractivity contribution in [2.45, 2.75) is 6.92 Å². The van der Waals surface area contributed by atoms with E-state index in [0.29, 0.717) is 0 Å². The molecule has 4 nitrogen and oxygen atoms in total. The van der Waals surface area contributed by atoms with Gasteiger partial charge in [-0.1, -0.05) is 54.6 Å². The molecule has 130 valence electrons. The summed E-state index contributed by atoms with van der Waals surface area (Å²) in [7, 11) is 0. The summed E-state index contributed by atoms with van der Waals surface area (Å²) < 4.78 is 0. The molecule has 4 heteroatoms. The van der Waals surface area contributed by atoms with Crippen LogP contribution in [-0.2, 0) is 0 Å². The van der Waals surface area contributed by atoms with Crippen LogP contribution in [-0.4, -0.2) is 20.4 Å². The second kappa shape index (κ2) is 7.70. The van der Waals surface area contributed by atoms with Crippen LogP contribution in [0.4, 0.5) is 0 Å². The lowest BCUT2D eigenvalue weighted by Crippen LogP contribution is -1.91. The second-order valence-electron chi connectivity index (χ2n) is 6.07. The van der Waals surface area contributed by atoms with Gasteiger partial charge in [0, 0.05) is 23.5 Å². The molecule has 0 spiro atoms. The number of rotatable bonds is 4. The summed E-state index contributed by atoms with van der Waals surface area (Å²) in [5.41, 5.74) is 7.38. The van der Waals surface area contributed by atoms with Crippen LogP contribution in [0.1, 0.15) is 18.1 Å². The minimum absolute atomic E-state index is 0.874. The van der Waals surface area contributed by atoms with Crippen LogP contribution in [0, 0.1) is 0 Å². The minimum Gasteiger partial charge on any atom is -0.159 e. The van der Waals surface area contributed by atoms with Crippen LogP contribution in [0.5, 0.6) is 0 Å². The highest BCUT2D eigenvalue weighted by Crippen LogP contribution is 2.27. The van der Waals surface area contributed by atoms with Gasteiger partial charge < -0.3 is 0 Å². The smallest absolute Gasteiger partial charge is 0.0929 e. The number of allylic oxidation sites excluding steroid dienone is 1. The molecule has 0 aliphatic heterocycles. The van der Waals surface area contributed by atoms with Crippen LogP contribution in [0.2, 0.25) is 0 Å². The molecule has 0 atom stereocenters. The summed E-state index contributed by atoms with van der Waals surface area (Å²) in [6.07, 6.45) is 5.50. The Bertz CT molecular complexity index is 954. The SMILES string of the molecule is CC=C(c1ccc(-c2cccnn2)cc1)c1ccc(-c2cccnn2)cc1. The molecule has 0 radical (unpaired) electrons. The van der Waals surface area contributed by atoms with Gasteiger partial charge in [-0.25, -0.2) is 0 Å². The number of hydrogen-bond acceptors (Lipinski definition) is 4. The third kappa shape index (κ3) is 3.65. The first-order chi connectivity index (χ1) is 13.3. The highest BCUT2D eigenvalue weighted by atomic mass is 15.1. The number of nitrogens with zero attached hydrogens (tertiary/aromatic N) is 4. The van der Waals surface area contributed by atoms with Crippen molar-refractivity contribution in [3.63, 3.8) is 0 Å². The average molecular weight is 350 g/mol. The molecule has 0 unspecified atom stereocenters. The van der Waals surface area contributed by atoms with E-state index in [4.69, 9.17) is 0 Å². The highest BCUT2D eigenvalue weighted by Gasteiger charge is 2.07. The zero-order valence-corrected chi connectivity index (χ0v) is 14.9. The quantitative estimate of drug-likeness (QED) is 0.517. The van der Waals surface area contributed by atoms with Gasteiger partial charge in [0.05, 0.1) is 11.4 Å². The first-order valence-electron chi connectivity index (χ1n) is 8.78. The van der Waals surface area contributed by atoms with Crippen LogP contribution < -0.4 is 0 Å². The summed E-state index contributed by atoms with van der Waals surface area (Å²) in [5, 5.41) is 16.2. The van der Waals surface area contributed by atoms with Gasteiger partial charge in [-0.2, -0.15) is 20.4 Å². The molecule has 4 aromatic rings. The number of hydrogen-bond donors (Lipinski definition) is 0. The van der Waals surface area contributed by atoms with Crippen molar-refractivity contribution in [1.82, 2.24) is 20.4 Å². The van der Waals surface area contributed by atoms with E-state index < -0.39 is 0 Å². The molecule has 0 aliphatic carbocycles. The monoisotopic (exact) mass is 350 g/mol. The molecule has 4 rings (SSSR count). The fraction of sp³-hybridized carbons (Fsp3) is 0.0435. The highest BCUT2D eigenvalue weighted by molar-refractivity contribution is 5.81. The third-order valence-electron chi connectivity index (χ3n) is 4.42. The van der Waals surface area contributed by atoms with Gasteiger partial charge in [-0.3, -0.25) is 0 Å². The molecule has 0 fully saturated rings. The van der Waals surface area contributed by atoms with E-state index >= 15 is 0 Å². The Morgan fingerprint density at radius 1 is 0.630 bits per heavy atom. The first-order valence-corrected chi connectivity index (χ1v) is 8.78. The molecule has 2 heterocycles. The molecule has 0 saturated heterocycles. The van der Waals surface area contributed by atoms with E-state index in [1.165, 1.54) is 5.57 Å². The van der Waals surface area contributed by atoms with Gasteiger partial charge in [0.1, 0.15) is 0 Å². The summed E-state index contributed by atoms with van der Waals surface area (Å²) in [5.74, 6) is 0. The van der Waals surface area contributed by atoms with Gasteiger partial charge in [-0.15, -0.1) is 0 Å². The zero-order valence-electron chi connectivity index (χ0n) is 14.9. The van der Waals surface area contributed by atoms with Gasteiger partial charge in [0.25, 0.3) is 0 Å². The Morgan fingerprint density at radius 2 is 1.07 bits per heavy atom. The van der Waals surface area contributed by atoms with Crippen molar-refractivity contribution < 1.29 is 0 Å². The fourth-order valence-electron chi connectivity index (χ4n) is 3.05. The van der Waals surface area contributed by atoms with Gasteiger partial charge in [0.2, 0.25) is 0 Å². The van der Waals surface area contributed by atoms with Crippen LogP contribution in [0.25, 0.3) is 28.1 Å². The maximum atomic E-state index is 4.16. The van der Waals surface area contributed by atoms with Crippen LogP contribution in [0.3, 0.4) is 0 Å². The predicted molar refractivity (Wildman–Crippen MR) is 108 cm³/mol. The maximum absolute atomic E-state index is 4.16. The molecule has 0 amide bonds. The molecular weight excluding hydrogens is 332 g/mol. The lowest BCUT2D eigenvalue weighted by molar-refractivity contribution is 1.04. The van der Waals surface area contributed by atoms with Crippen molar-refractivity contribution in [1.29, 1.82) is 0 Å². The van der Waals surface area contributed by atoms with Gasteiger partial charge >= 0.3 is 0 Å². The van der Waals surface area contributed by atoms with E-state index in [1.807, 2.05) is 24.3 Å². The Kier molecular flexibility index (Phi) is 4.79. The summed E-state index contributed by atoms with van der Waals surface area (Å²) in [6.45, 7) is 2.06. The molecule has 0 bridgehead atoms. The molecule has 0 N–H and O–H groups in total. The summed E-state index contributed by atoms with van der Waals surface area (Å²) >= 11 is 0. The Hall–Kier alpha value is -3.66. The van der Waals surface area contributed by atoms with E-state index in [9.17, 15) is 0 Å². The molecule has 0 aliphatic rings. The van der Waals surface area contributed by atoms with Gasteiger partial charge in [-0.05, 0) is 47.9 Å². The summed E-state index contributed by atoms with van der Waals surface area (Å²) in [6, 6.07) is 24.5. The molecule has 27 heavy (non-hydrogen) atoms. The first kappa shape index (κ1) is 16.8. The van der Waals surface area contributed by atoms with E-state index in [2.05, 4.69) is 81.9 Å². The Balaban J connectivity index is 1.61. The zero-order chi connectivity index (χ0) is 18.5. The van der Waals surface area contributed by atoms with Crippen molar-refractivity contribution in [3.05, 3.63) is 102 Å². The molecule has 2 aromatic heterocycles. The molecular formula is C23H18N4. The maximum Gasteiger partial charge on any atom is 0.0929 e. The van der Waals surface area contributed by atoms with Crippen molar-refractivity contribution >= 4 is 5.57 Å². The Morgan fingerprint density at radius 3 is 1.41 bits per heavy atom. The number of aromatic nitrogens is 4. The Labute approximate surface area is 158 Å². The minimum atomic E-state index is 0.874. The van der Waals surface area contributed by atoms with Crippen molar-refractivity contribution in [2.24, 2.45) is 0 Å². The van der Waals surface area contributed by atoms with Crippen LogP contribution >= 0.6 is 0 Å². The summed E-state index contributed by atoms with van der Waals surface area (Å²) in [4.78, 5) is 0. The number of benzene rings is 2. The van der Waals surface area contributed by atoms with E-state index in [-0.39, 0.29) is 0 Å². The van der Waals surface area contributed by atoms with Gasteiger partial charge in [0.15, 0.2) is 0 Å². The predicted octanol–water partition coefficient (Wildman–Crippen LogP) is 5.05. The average Bonchev–Trinajstić information content (AvgIpc) is 2.76. The van der Waals surface area contributed by atoms with E-state index in [0.717, 1.165) is 33.6 Å². The lowest BCUT2D eigenvalue weighted by Gasteiger charge is -2.10. The lowest BCUT2D eigenvalue weighted by atomic mass is 9.95. The molecule has 2 aromatic carbocycles. The largest absolute Gasteiger partial charge is 0.159 e. The topological polar surface area (TPSA) is 51.6 Å². The van der Waals surface area contributed by atoms with Crippen LogP contribution in [0.15, 0.2) is 91.3 Å².